The van der Waals surface area contributed by atoms with Gasteiger partial charge < -0.3 is 4.90 Å². The first kappa shape index (κ1) is 16.4. The van der Waals surface area contributed by atoms with Gasteiger partial charge in [0.2, 0.25) is 5.91 Å². The van der Waals surface area contributed by atoms with Crippen molar-refractivity contribution >= 4 is 17.7 Å². The van der Waals surface area contributed by atoms with Gasteiger partial charge in [0.25, 0.3) is 0 Å². The number of halogens is 2. The zero-order valence-corrected chi connectivity index (χ0v) is 12.9. The molecular weight excluding hydrogens is 306 g/mol. The Labute approximate surface area is 132 Å². The molecule has 0 spiro atoms. The summed E-state index contributed by atoms with van der Waals surface area (Å²) in [5.41, 5.74) is 0.926. The molecule has 0 atom stereocenters. The van der Waals surface area contributed by atoms with Crippen LogP contribution in [0.4, 0.5) is 8.78 Å². The normalized spacial score (nSPS) is 10.5. The van der Waals surface area contributed by atoms with Crippen LogP contribution in [-0.2, 0) is 11.2 Å². The molecule has 1 aromatic carbocycles. The summed E-state index contributed by atoms with van der Waals surface area (Å²) in [6.45, 7) is 0.564. The predicted octanol–water partition coefficient (Wildman–Crippen LogP) is 3.15. The lowest BCUT2D eigenvalue weighted by Gasteiger charge is -2.16. The van der Waals surface area contributed by atoms with Crippen LogP contribution in [0, 0.1) is 11.6 Å². The summed E-state index contributed by atoms with van der Waals surface area (Å²) in [5, 5.41) is 0. The molecule has 2 rings (SSSR count). The molecule has 6 heteroatoms. The zero-order chi connectivity index (χ0) is 15.9. The Bertz CT molecular complexity index is 637. The number of pyridine rings is 1. The minimum atomic E-state index is -0.902. The van der Waals surface area contributed by atoms with E-state index in [0.717, 1.165) is 17.8 Å². The van der Waals surface area contributed by atoms with Crippen LogP contribution < -0.4 is 0 Å². The fourth-order valence-corrected chi connectivity index (χ4v) is 2.64. The van der Waals surface area contributed by atoms with Crippen molar-refractivity contribution < 1.29 is 13.6 Å². The Morgan fingerprint density at radius 1 is 1.23 bits per heavy atom. The summed E-state index contributed by atoms with van der Waals surface area (Å²) in [4.78, 5) is 18.4. The van der Waals surface area contributed by atoms with Gasteiger partial charge in [0.05, 0.1) is 5.75 Å². The van der Waals surface area contributed by atoms with Gasteiger partial charge in [0.15, 0.2) is 11.6 Å². The molecule has 0 aliphatic rings. The Kier molecular flexibility index (Phi) is 5.89. The molecule has 1 amide bonds. The number of hydrogen-bond donors (Lipinski definition) is 0. The molecule has 0 aliphatic heterocycles. The van der Waals surface area contributed by atoms with Crippen LogP contribution in [-0.4, -0.2) is 35.1 Å². The van der Waals surface area contributed by atoms with E-state index in [9.17, 15) is 13.6 Å². The van der Waals surface area contributed by atoms with Crippen LogP contribution >= 0.6 is 11.8 Å². The first-order chi connectivity index (χ1) is 10.6. The summed E-state index contributed by atoms with van der Waals surface area (Å²) in [5.74, 6) is -1.67. The molecule has 0 N–H and O–H groups in total. The van der Waals surface area contributed by atoms with Gasteiger partial charge in [-0.05, 0) is 30.3 Å². The van der Waals surface area contributed by atoms with Gasteiger partial charge in [-0.15, -0.1) is 11.8 Å². The monoisotopic (exact) mass is 322 g/mol. The van der Waals surface area contributed by atoms with Crippen molar-refractivity contribution in [2.75, 3.05) is 19.3 Å². The number of carbonyl (C=O) groups is 1. The second-order valence-corrected chi connectivity index (χ2v) is 5.80. The van der Waals surface area contributed by atoms with E-state index in [-0.39, 0.29) is 11.7 Å². The van der Waals surface area contributed by atoms with Crippen LogP contribution in [0.3, 0.4) is 0 Å². The van der Waals surface area contributed by atoms with Gasteiger partial charge in [-0.3, -0.25) is 9.78 Å². The molecule has 0 saturated heterocycles. The van der Waals surface area contributed by atoms with Gasteiger partial charge >= 0.3 is 0 Å². The van der Waals surface area contributed by atoms with E-state index in [1.807, 2.05) is 18.2 Å². The highest BCUT2D eigenvalue weighted by Gasteiger charge is 2.10. The standard InChI is InChI=1S/C16H16F2N2OS/c1-20(9-7-12-4-2-3-8-19-12)16(21)11-22-13-5-6-14(17)15(18)10-13/h2-6,8,10H,7,9,11H2,1H3. The fraction of sp³-hybridized carbons (Fsp3) is 0.250. The van der Waals surface area contributed by atoms with Gasteiger partial charge in [-0.1, -0.05) is 6.07 Å². The molecule has 116 valence electrons. The van der Waals surface area contributed by atoms with Gasteiger partial charge in [0.1, 0.15) is 0 Å². The van der Waals surface area contributed by atoms with Gasteiger partial charge in [-0.25, -0.2) is 8.78 Å². The van der Waals surface area contributed by atoms with Crippen LogP contribution in [0.1, 0.15) is 5.69 Å². The molecule has 1 aromatic heterocycles. The average molecular weight is 322 g/mol. The summed E-state index contributed by atoms with van der Waals surface area (Å²) in [6.07, 6.45) is 2.40. The third kappa shape index (κ3) is 4.80. The molecular formula is C16H16F2N2OS. The number of rotatable bonds is 6. The average Bonchev–Trinajstić information content (AvgIpc) is 2.54. The Balaban J connectivity index is 1.79. The minimum Gasteiger partial charge on any atom is -0.345 e. The quantitative estimate of drug-likeness (QED) is 0.766. The van der Waals surface area contributed by atoms with Crippen LogP contribution in [0.5, 0.6) is 0 Å². The second kappa shape index (κ2) is 7.89. The SMILES string of the molecule is CN(CCc1ccccn1)C(=O)CSc1ccc(F)c(F)c1. The molecule has 0 aliphatic carbocycles. The van der Waals surface area contributed by atoms with Crippen molar-refractivity contribution in [2.24, 2.45) is 0 Å². The molecule has 0 fully saturated rings. The third-order valence-electron chi connectivity index (χ3n) is 3.11. The maximum Gasteiger partial charge on any atom is 0.232 e. The van der Waals surface area contributed by atoms with Crippen molar-refractivity contribution in [3.8, 4) is 0 Å². The largest absolute Gasteiger partial charge is 0.345 e. The van der Waals surface area contributed by atoms with Crippen molar-refractivity contribution in [1.29, 1.82) is 0 Å². The highest BCUT2D eigenvalue weighted by atomic mass is 32.2. The molecule has 1 heterocycles. The van der Waals surface area contributed by atoms with Crippen LogP contribution in [0.15, 0.2) is 47.5 Å². The van der Waals surface area contributed by atoms with Gasteiger partial charge in [-0.2, -0.15) is 0 Å². The Morgan fingerprint density at radius 3 is 2.73 bits per heavy atom. The number of likely N-dealkylation sites (N-methyl/N-ethyl adjacent to an activating group) is 1. The smallest absolute Gasteiger partial charge is 0.232 e. The van der Waals surface area contributed by atoms with E-state index in [1.165, 1.54) is 17.8 Å². The molecule has 2 aromatic rings. The summed E-state index contributed by atoms with van der Waals surface area (Å²) < 4.78 is 25.9. The topological polar surface area (TPSA) is 33.2 Å². The molecule has 0 saturated carbocycles. The maximum atomic E-state index is 13.1. The summed E-state index contributed by atoms with van der Waals surface area (Å²) in [7, 11) is 1.72. The highest BCUT2D eigenvalue weighted by Crippen LogP contribution is 2.20. The molecule has 0 radical (unpaired) electrons. The lowest BCUT2D eigenvalue weighted by molar-refractivity contribution is -0.127. The van der Waals surface area contributed by atoms with Crippen molar-refractivity contribution in [3.63, 3.8) is 0 Å². The fourth-order valence-electron chi connectivity index (χ4n) is 1.77. The van der Waals surface area contributed by atoms with Crippen molar-refractivity contribution in [2.45, 2.75) is 11.3 Å². The summed E-state index contributed by atoms with van der Waals surface area (Å²) in [6, 6.07) is 9.28. The van der Waals surface area contributed by atoms with Crippen LogP contribution in [0.2, 0.25) is 0 Å². The van der Waals surface area contributed by atoms with Crippen molar-refractivity contribution in [3.05, 3.63) is 59.9 Å². The number of aromatic nitrogens is 1. The predicted molar refractivity (Wildman–Crippen MR) is 82.7 cm³/mol. The highest BCUT2D eigenvalue weighted by molar-refractivity contribution is 8.00. The number of benzene rings is 1. The van der Waals surface area contributed by atoms with E-state index < -0.39 is 11.6 Å². The van der Waals surface area contributed by atoms with E-state index in [4.69, 9.17) is 0 Å². The van der Waals surface area contributed by atoms with Crippen LogP contribution in [0.25, 0.3) is 0 Å². The second-order valence-electron chi connectivity index (χ2n) is 4.75. The Morgan fingerprint density at radius 2 is 2.05 bits per heavy atom. The molecule has 3 nitrogen and oxygen atoms in total. The Hall–Kier alpha value is -1.95. The van der Waals surface area contributed by atoms with E-state index in [0.29, 0.717) is 17.9 Å². The molecule has 0 unspecified atom stereocenters. The number of amides is 1. The zero-order valence-electron chi connectivity index (χ0n) is 12.1. The number of nitrogens with zero attached hydrogens (tertiary/aromatic N) is 2. The van der Waals surface area contributed by atoms with Gasteiger partial charge in [0, 0.05) is 36.8 Å². The van der Waals surface area contributed by atoms with E-state index in [2.05, 4.69) is 4.98 Å². The van der Waals surface area contributed by atoms with E-state index in [1.54, 1.807) is 18.1 Å². The number of carbonyl (C=O) groups excluding carboxylic acids is 1. The maximum absolute atomic E-state index is 13.1. The minimum absolute atomic E-state index is 0.0642. The lowest BCUT2D eigenvalue weighted by Crippen LogP contribution is -2.30. The van der Waals surface area contributed by atoms with E-state index >= 15 is 0 Å². The van der Waals surface area contributed by atoms with Crippen molar-refractivity contribution in [1.82, 2.24) is 9.88 Å². The molecule has 22 heavy (non-hydrogen) atoms. The number of hydrogen-bond acceptors (Lipinski definition) is 3. The number of thioether (sulfide) groups is 1. The lowest BCUT2D eigenvalue weighted by atomic mass is 10.2. The first-order valence-corrected chi connectivity index (χ1v) is 7.76. The third-order valence-corrected chi connectivity index (χ3v) is 4.09. The molecule has 0 bridgehead atoms. The summed E-state index contributed by atoms with van der Waals surface area (Å²) >= 11 is 1.19. The first-order valence-electron chi connectivity index (χ1n) is 6.78.